The molecule has 1 aliphatic rings. The van der Waals surface area contributed by atoms with E-state index < -0.39 is 5.41 Å². The highest BCUT2D eigenvalue weighted by molar-refractivity contribution is 6.30. The maximum absolute atomic E-state index is 12.5. The zero-order chi connectivity index (χ0) is 13.7. The molecule has 0 atom stereocenters. The lowest BCUT2D eigenvalue weighted by Gasteiger charge is -2.36. The van der Waals surface area contributed by atoms with Crippen molar-refractivity contribution in [3.8, 4) is 0 Å². The van der Waals surface area contributed by atoms with Crippen LogP contribution >= 0.6 is 24.0 Å². The molecule has 1 aliphatic heterocycles. The molecule has 0 spiro atoms. The van der Waals surface area contributed by atoms with Crippen LogP contribution in [0.15, 0.2) is 24.3 Å². The first-order valence-corrected chi connectivity index (χ1v) is 6.89. The Hall–Kier alpha value is -0.810. The van der Waals surface area contributed by atoms with Crippen molar-refractivity contribution in [2.75, 3.05) is 26.3 Å². The highest BCUT2D eigenvalue weighted by Gasteiger charge is 2.41. The van der Waals surface area contributed by atoms with Crippen LogP contribution in [0.2, 0.25) is 5.02 Å². The third-order valence-electron chi connectivity index (χ3n) is 3.59. The number of hydrogen-bond acceptors (Lipinski definition) is 3. The van der Waals surface area contributed by atoms with Gasteiger partial charge in [-0.1, -0.05) is 23.7 Å². The van der Waals surface area contributed by atoms with E-state index in [1.54, 1.807) is 0 Å². The number of hydrogen-bond donors (Lipinski definition) is 2. The second kappa shape index (κ2) is 7.84. The molecular weight excluding hydrogens is 299 g/mol. The van der Waals surface area contributed by atoms with Crippen LogP contribution in [0.3, 0.4) is 0 Å². The Balaban J connectivity index is 0.00000200. The molecule has 0 bridgehead atoms. The molecule has 0 aromatic heterocycles. The van der Waals surface area contributed by atoms with E-state index in [1.165, 1.54) is 0 Å². The van der Waals surface area contributed by atoms with E-state index in [9.17, 15) is 4.79 Å². The summed E-state index contributed by atoms with van der Waals surface area (Å²) in [6, 6.07) is 7.52. The number of nitrogens with two attached hydrogens (primary N) is 1. The van der Waals surface area contributed by atoms with E-state index >= 15 is 0 Å². The summed E-state index contributed by atoms with van der Waals surface area (Å²) in [7, 11) is 0. The highest BCUT2D eigenvalue weighted by Crippen LogP contribution is 2.36. The summed E-state index contributed by atoms with van der Waals surface area (Å²) in [5.41, 5.74) is 5.86. The Labute approximate surface area is 130 Å². The zero-order valence-electron chi connectivity index (χ0n) is 11.2. The molecule has 4 nitrogen and oxygen atoms in total. The summed E-state index contributed by atoms with van der Waals surface area (Å²) in [5, 5.41) is 3.55. The summed E-state index contributed by atoms with van der Waals surface area (Å²) in [6.45, 7) is 2.10. The van der Waals surface area contributed by atoms with Crippen molar-refractivity contribution < 1.29 is 9.53 Å². The van der Waals surface area contributed by atoms with Gasteiger partial charge in [0.15, 0.2) is 0 Å². The molecule has 0 unspecified atom stereocenters. The van der Waals surface area contributed by atoms with Crippen molar-refractivity contribution >= 4 is 29.9 Å². The molecule has 6 heteroatoms. The minimum atomic E-state index is -0.543. The zero-order valence-corrected chi connectivity index (χ0v) is 12.8. The second-order valence-electron chi connectivity index (χ2n) is 4.75. The van der Waals surface area contributed by atoms with Gasteiger partial charge < -0.3 is 15.8 Å². The van der Waals surface area contributed by atoms with E-state index in [0.717, 1.165) is 5.56 Å². The van der Waals surface area contributed by atoms with Gasteiger partial charge >= 0.3 is 0 Å². The first-order valence-electron chi connectivity index (χ1n) is 6.51. The number of carbonyl (C=O) groups is 1. The summed E-state index contributed by atoms with van der Waals surface area (Å²) in [5.74, 6) is 0.0171. The van der Waals surface area contributed by atoms with Gasteiger partial charge in [0.05, 0.1) is 5.41 Å². The molecule has 1 aromatic rings. The Morgan fingerprint density at radius 1 is 1.40 bits per heavy atom. The number of ether oxygens (including phenoxy) is 1. The van der Waals surface area contributed by atoms with E-state index in [-0.39, 0.29) is 18.3 Å². The summed E-state index contributed by atoms with van der Waals surface area (Å²) < 4.78 is 5.39. The SMILES string of the molecule is Cl.NCCNC(=O)C1(c2cccc(Cl)c2)CCOCC1. The van der Waals surface area contributed by atoms with E-state index in [1.807, 2.05) is 24.3 Å². The third kappa shape index (κ3) is 3.64. The van der Waals surface area contributed by atoms with Crippen molar-refractivity contribution in [1.82, 2.24) is 5.32 Å². The smallest absolute Gasteiger partial charge is 0.230 e. The van der Waals surface area contributed by atoms with Crippen molar-refractivity contribution in [1.29, 1.82) is 0 Å². The Morgan fingerprint density at radius 2 is 2.10 bits per heavy atom. The summed E-state index contributed by atoms with van der Waals surface area (Å²) in [6.07, 6.45) is 1.34. The van der Waals surface area contributed by atoms with Crippen LogP contribution in [0, 0.1) is 0 Å². The maximum atomic E-state index is 12.5. The van der Waals surface area contributed by atoms with E-state index in [0.29, 0.717) is 44.2 Å². The molecule has 3 N–H and O–H groups in total. The van der Waals surface area contributed by atoms with Gasteiger partial charge in [-0.15, -0.1) is 12.4 Å². The first-order chi connectivity index (χ1) is 9.19. The van der Waals surface area contributed by atoms with Gasteiger partial charge in [-0.25, -0.2) is 0 Å². The van der Waals surface area contributed by atoms with Crippen molar-refractivity contribution in [2.24, 2.45) is 5.73 Å². The van der Waals surface area contributed by atoms with Crippen LogP contribution in [-0.2, 0) is 14.9 Å². The van der Waals surface area contributed by atoms with Gasteiger partial charge in [0.1, 0.15) is 0 Å². The number of nitrogens with one attached hydrogen (secondary N) is 1. The lowest BCUT2D eigenvalue weighted by Crippen LogP contribution is -2.49. The average Bonchev–Trinajstić information content (AvgIpc) is 2.45. The number of amides is 1. The Morgan fingerprint density at radius 3 is 2.70 bits per heavy atom. The predicted molar refractivity (Wildman–Crippen MR) is 82.5 cm³/mol. The molecule has 1 fully saturated rings. The molecular formula is C14H20Cl2N2O2. The monoisotopic (exact) mass is 318 g/mol. The Kier molecular flexibility index (Phi) is 6.76. The van der Waals surface area contributed by atoms with Gasteiger partial charge in [-0.2, -0.15) is 0 Å². The number of carbonyl (C=O) groups excluding carboxylic acids is 1. The van der Waals surface area contributed by atoms with Crippen LogP contribution in [0.25, 0.3) is 0 Å². The molecule has 112 valence electrons. The van der Waals surface area contributed by atoms with Gasteiger partial charge in [0, 0.05) is 31.3 Å². The molecule has 1 amide bonds. The van der Waals surface area contributed by atoms with Gasteiger partial charge in [-0.05, 0) is 30.5 Å². The molecule has 0 aliphatic carbocycles. The van der Waals surface area contributed by atoms with Gasteiger partial charge in [0.2, 0.25) is 5.91 Å². The fraction of sp³-hybridized carbons (Fsp3) is 0.500. The van der Waals surface area contributed by atoms with Crippen LogP contribution in [0.5, 0.6) is 0 Å². The Bertz CT molecular complexity index is 449. The normalized spacial score (nSPS) is 17.1. The molecule has 20 heavy (non-hydrogen) atoms. The summed E-state index contributed by atoms with van der Waals surface area (Å²) in [4.78, 5) is 12.5. The average molecular weight is 319 g/mol. The number of rotatable bonds is 4. The van der Waals surface area contributed by atoms with Gasteiger partial charge in [0.25, 0.3) is 0 Å². The highest BCUT2D eigenvalue weighted by atomic mass is 35.5. The minimum absolute atomic E-state index is 0. The summed E-state index contributed by atoms with van der Waals surface area (Å²) >= 11 is 6.05. The van der Waals surface area contributed by atoms with Gasteiger partial charge in [-0.3, -0.25) is 4.79 Å². The predicted octanol–water partition coefficient (Wildman–Crippen LogP) is 1.88. The quantitative estimate of drug-likeness (QED) is 0.891. The van der Waals surface area contributed by atoms with Crippen LogP contribution < -0.4 is 11.1 Å². The molecule has 2 rings (SSSR count). The molecule has 0 saturated carbocycles. The molecule has 1 saturated heterocycles. The molecule has 1 aromatic carbocycles. The maximum Gasteiger partial charge on any atom is 0.230 e. The fourth-order valence-electron chi connectivity index (χ4n) is 2.51. The molecule has 0 radical (unpaired) electrons. The topological polar surface area (TPSA) is 64.3 Å². The first kappa shape index (κ1) is 17.2. The standard InChI is InChI=1S/C14H19ClN2O2.ClH/c15-12-3-1-2-11(10-12)14(4-8-19-9-5-14)13(18)17-7-6-16;/h1-3,10H,4-9,16H2,(H,17,18);1H. The fourth-order valence-corrected chi connectivity index (χ4v) is 2.70. The lowest BCUT2D eigenvalue weighted by molar-refractivity contribution is -0.130. The van der Waals surface area contributed by atoms with Crippen LogP contribution in [0.1, 0.15) is 18.4 Å². The number of benzene rings is 1. The van der Waals surface area contributed by atoms with Crippen molar-refractivity contribution in [3.63, 3.8) is 0 Å². The number of halogens is 2. The van der Waals surface area contributed by atoms with Crippen molar-refractivity contribution in [2.45, 2.75) is 18.3 Å². The minimum Gasteiger partial charge on any atom is -0.381 e. The largest absolute Gasteiger partial charge is 0.381 e. The van der Waals surface area contributed by atoms with E-state index in [4.69, 9.17) is 22.1 Å². The van der Waals surface area contributed by atoms with Crippen LogP contribution in [0.4, 0.5) is 0 Å². The third-order valence-corrected chi connectivity index (χ3v) is 3.82. The molecule has 1 heterocycles. The van der Waals surface area contributed by atoms with Crippen LogP contribution in [-0.4, -0.2) is 32.2 Å². The van der Waals surface area contributed by atoms with Crippen molar-refractivity contribution in [3.05, 3.63) is 34.9 Å². The lowest BCUT2D eigenvalue weighted by atomic mass is 9.73. The second-order valence-corrected chi connectivity index (χ2v) is 5.19. The van der Waals surface area contributed by atoms with E-state index in [2.05, 4.69) is 5.32 Å².